The maximum absolute atomic E-state index is 13.6. The maximum atomic E-state index is 13.6. The van der Waals surface area contributed by atoms with Gasteiger partial charge in [0.2, 0.25) is 0 Å². The summed E-state index contributed by atoms with van der Waals surface area (Å²) in [6.45, 7) is 0. The molecule has 0 fully saturated rings. The first-order chi connectivity index (χ1) is 16.2. The predicted octanol–water partition coefficient (Wildman–Crippen LogP) is 3.17. The number of benzene rings is 3. The standard InChI is InChI=1S/C25H22FNO7/c1-34-25(33)19-10-15-11-22(30)23(31)12-17(15)18(8-13-2-7-20(28)21(29)9-13)27(19)24(32)14-3-5-16(26)6-4-14/h2-7,9,11-12,18-19,28-31H,8,10H2,1H3/t18-,19-/m0/s1. The van der Waals surface area contributed by atoms with Crippen LogP contribution in [0.5, 0.6) is 23.0 Å². The molecule has 1 aliphatic rings. The van der Waals surface area contributed by atoms with Crippen molar-refractivity contribution in [3.63, 3.8) is 0 Å². The third-order valence-electron chi connectivity index (χ3n) is 5.95. The van der Waals surface area contributed by atoms with E-state index in [1.165, 1.54) is 48.4 Å². The van der Waals surface area contributed by atoms with Crippen molar-refractivity contribution >= 4 is 11.9 Å². The van der Waals surface area contributed by atoms with Gasteiger partial charge in [-0.2, -0.15) is 0 Å². The van der Waals surface area contributed by atoms with E-state index >= 15 is 0 Å². The van der Waals surface area contributed by atoms with Crippen molar-refractivity contribution in [2.75, 3.05) is 7.11 Å². The summed E-state index contributed by atoms with van der Waals surface area (Å²) >= 11 is 0. The average molecular weight is 467 g/mol. The fourth-order valence-corrected chi connectivity index (χ4v) is 4.28. The van der Waals surface area contributed by atoms with Gasteiger partial charge in [0.25, 0.3) is 5.91 Å². The van der Waals surface area contributed by atoms with Crippen LogP contribution < -0.4 is 0 Å². The molecule has 2 atom stereocenters. The minimum absolute atomic E-state index is 0.0140. The zero-order valence-corrected chi connectivity index (χ0v) is 18.1. The fourth-order valence-electron chi connectivity index (χ4n) is 4.28. The molecule has 1 aliphatic heterocycles. The van der Waals surface area contributed by atoms with E-state index in [0.717, 1.165) is 12.1 Å². The number of hydrogen-bond acceptors (Lipinski definition) is 7. The zero-order valence-electron chi connectivity index (χ0n) is 18.1. The Bertz CT molecular complexity index is 1260. The van der Waals surface area contributed by atoms with Crippen molar-refractivity contribution in [1.82, 2.24) is 4.90 Å². The summed E-state index contributed by atoms with van der Waals surface area (Å²) in [7, 11) is 1.19. The largest absolute Gasteiger partial charge is 0.504 e. The molecule has 0 saturated carbocycles. The molecule has 4 rings (SSSR count). The zero-order chi connectivity index (χ0) is 24.6. The molecular formula is C25H22FNO7. The molecule has 4 N–H and O–H groups in total. The van der Waals surface area contributed by atoms with E-state index in [-0.39, 0.29) is 35.7 Å². The number of carbonyl (C=O) groups excluding carboxylic acids is 2. The molecule has 0 spiro atoms. The highest BCUT2D eigenvalue weighted by atomic mass is 19.1. The van der Waals surface area contributed by atoms with Gasteiger partial charge in [-0.15, -0.1) is 0 Å². The van der Waals surface area contributed by atoms with Crippen molar-refractivity contribution in [2.24, 2.45) is 0 Å². The van der Waals surface area contributed by atoms with Crippen LogP contribution >= 0.6 is 0 Å². The number of carbonyl (C=O) groups is 2. The van der Waals surface area contributed by atoms with Gasteiger partial charge in [0.05, 0.1) is 13.2 Å². The molecule has 176 valence electrons. The molecule has 0 radical (unpaired) electrons. The number of phenolic OH excluding ortho intramolecular Hbond substituents is 4. The summed E-state index contributed by atoms with van der Waals surface area (Å²) in [5, 5.41) is 39.8. The van der Waals surface area contributed by atoms with Gasteiger partial charge in [0, 0.05) is 12.0 Å². The second kappa shape index (κ2) is 8.93. The molecule has 0 bridgehead atoms. The van der Waals surface area contributed by atoms with Crippen molar-refractivity contribution in [3.05, 3.63) is 82.7 Å². The van der Waals surface area contributed by atoms with Crippen LogP contribution in [0.15, 0.2) is 54.6 Å². The number of esters is 1. The van der Waals surface area contributed by atoms with Crippen LogP contribution in [0.4, 0.5) is 4.39 Å². The van der Waals surface area contributed by atoms with Crippen molar-refractivity contribution in [2.45, 2.75) is 24.9 Å². The van der Waals surface area contributed by atoms with E-state index in [1.807, 2.05) is 0 Å². The Hall–Kier alpha value is -4.27. The molecule has 1 heterocycles. The van der Waals surface area contributed by atoms with Crippen LogP contribution in [-0.2, 0) is 22.4 Å². The summed E-state index contributed by atoms with van der Waals surface area (Å²) in [5.41, 5.74) is 1.68. The van der Waals surface area contributed by atoms with Gasteiger partial charge in [-0.3, -0.25) is 4.79 Å². The van der Waals surface area contributed by atoms with Crippen LogP contribution in [0.1, 0.15) is 33.1 Å². The Morgan fingerprint density at radius 1 is 0.941 bits per heavy atom. The number of methoxy groups -OCH3 is 1. The number of nitrogens with zero attached hydrogens (tertiary/aromatic N) is 1. The first kappa shape index (κ1) is 22.9. The minimum atomic E-state index is -1.07. The lowest BCUT2D eigenvalue weighted by Gasteiger charge is -2.42. The highest BCUT2D eigenvalue weighted by Crippen LogP contribution is 2.42. The third-order valence-corrected chi connectivity index (χ3v) is 5.95. The maximum Gasteiger partial charge on any atom is 0.328 e. The molecule has 3 aromatic rings. The number of amides is 1. The lowest BCUT2D eigenvalue weighted by Crippen LogP contribution is -2.52. The summed E-state index contributed by atoms with van der Waals surface area (Å²) < 4.78 is 18.4. The van der Waals surface area contributed by atoms with Gasteiger partial charge in [-0.25, -0.2) is 9.18 Å². The van der Waals surface area contributed by atoms with Crippen LogP contribution in [0.2, 0.25) is 0 Å². The fraction of sp³-hybridized carbons (Fsp3) is 0.200. The first-order valence-corrected chi connectivity index (χ1v) is 10.4. The first-order valence-electron chi connectivity index (χ1n) is 10.4. The van der Waals surface area contributed by atoms with Crippen molar-refractivity contribution in [1.29, 1.82) is 0 Å². The minimum Gasteiger partial charge on any atom is -0.504 e. The van der Waals surface area contributed by atoms with Crippen molar-refractivity contribution < 1.29 is 39.1 Å². The normalized spacial score (nSPS) is 17.2. The van der Waals surface area contributed by atoms with Gasteiger partial charge >= 0.3 is 5.97 Å². The van der Waals surface area contributed by atoms with Gasteiger partial charge in [0.1, 0.15) is 11.9 Å². The summed E-state index contributed by atoms with van der Waals surface area (Å²) in [5.74, 6) is -3.23. The van der Waals surface area contributed by atoms with Gasteiger partial charge in [0.15, 0.2) is 23.0 Å². The van der Waals surface area contributed by atoms with Gasteiger partial charge < -0.3 is 30.1 Å². The topological polar surface area (TPSA) is 128 Å². The molecule has 9 heteroatoms. The van der Waals surface area contributed by atoms with Crippen LogP contribution in [0.25, 0.3) is 0 Å². The molecule has 8 nitrogen and oxygen atoms in total. The van der Waals surface area contributed by atoms with Gasteiger partial charge in [-0.05, 0) is 71.6 Å². The Balaban J connectivity index is 1.88. The Morgan fingerprint density at radius 3 is 2.24 bits per heavy atom. The van der Waals surface area contributed by atoms with E-state index < -0.39 is 35.5 Å². The van der Waals surface area contributed by atoms with Crippen molar-refractivity contribution in [3.8, 4) is 23.0 Å². The number of fused-ring (bicyclic) bond motifs is 1. The Morgan fingerprint density at radius 2 is 1.59 bits per heavy atom. The number of hydrogen-bond donors (Lipinski definition) is 4. The van der Waals surface area contributed by atoms with E-state index in [0.29, 0.717) is 16.7 Å². The molecule has 34 heavy (non-hydrogen) atoms. The van der Waals surface area contributed by atoms with E-state index in [1.54, 1.807) is 6.07 Å². The number of aromatic hydroxyl groups is 4. The number of ether oxygens (including phenoxy) is 1. The van der Waals surface area contributed by atoms with Crippen LogP contribution in [-0.4, -0.2) is 50.4 Å². The second-order valence-electron chi connectivity index (χ2n) is 8.05. The van der Waals surface area contributed by atoms with E-state index in [4.69, 9.17) is 4.74 Å². The Kier molecular flexibility index (Phi) is 6.02. The SMILES string of the molecule is COC(=O)[C@@H]1Cc2cc(O)c(O)cc2[C@H](Cc2ccc(O)c(O)c2)N1C(=O)c1ccc(F)cc1. The van der Waals surface area contributed by atoms with E-state index in [9.17, 15) is 34.4 Å². The molecule has 0 aliphatic carbocycles. The van der Waals surface area contributed by atoms with Gasteiger partial charge in [-0.1, -0.05) is 6.07 Å². The smallest absolute Gasteiger partial charge is 0.328 e. The second-order valence-corrected chi connectivity index (χ2v) is 8.05. The number of rotatable bonds is 4. The van der Waals surface area contributed by atoms with E-state index in [2.05, 4.69) is 0 Å². The summed E-state index contributed by atoms with van der Waals surface area (Å²) in [6, 6.07) is 9.82. The molecular weight excluding hydrogens is 445 g/mol. The predicted molar refractivity (Wildman–Crippen MR) is 118 cm³/mol. The van der Waals surface area contributed by atoms with Crippen LogP contribution in [0, 0.1) is 5.82 Å². The molecule has 0 unspecified atom stereocenters. The monoisotopic (exact) mass is 467 g/mol. The molecule has 1 amide bonds. The average Bonchev–Trinajstić information content (AvgIpc) is 2.82. The number of phenols is 4. The third kappa shape index (κ3) is 4.19. The highest BCUT2D eigenvalue weighted by molar-refractivity contribution is 5.97. The lowest BCUT2D eigenvalue weighted by molar-refractivity contribution is -0.147. The number of halogens is 1. The summed E-state index contributed by atoms with van der Waals surface area (Å²) in [4.78, 5) is 27.7. The quantitative estimate of drug-likeness (QED) is 0.343. The lowest BCUT2D eigenvalue weighted by atomic mass is 9.84. The molecule has 0 saturated heterocycles. The highest BCUT2D eigenvalue weighted by Gasteiger charge is 2.42. The van der Waals surface area contributed by atoms with Crippen LogP contribution in [0.3, 0.4) is 0 Å². The Labute approximate surface area is 194 Å². The molecule has 3 aromatic carbocycles. The molecule has 0 aromatic heterocycles. The summed E-state index contributed by atoms with van der Waals surface area (Å²) in [6.07, 6.45) is 0.103.